The van der Waals surface area contributed by atoms with E-state index in [1.807, 2.05) is 28.7 Å². The van der Waals surface area contributed by atoms with Gasteiger partial charge in [-0.1, -0.05) is 0 Å². The number of aromatic nitrogens is 1. The molecule has 0 radical (unpaired) electrons. The van der Waals surface area contributed by atoms with Gasteiger partial charge in [0.2, 0.25) is 5.88 Å². The van der Waals surface area contributed by atoms with E-state index in [0.717, 1.165) is 5.56 Å². The van der Waals surface area contributed by atoms with E-state index in [1.165, 1.54) is 6.07 Å². The molecule has 1 aromatic heterocycles. The molecule has 0 aliphatic carbocycles. The standard InChI is InChI=1S/C14H9IN4O/c1-8-2-3-19-14(10(8)7-17)20-13-11(15)4-9(6-16)5-12(13)18/h2-5H,18H2,1H3. The Hall–Kier alpha value is -2.32. The zero-order valence-electron chi connectivity index (χ0n) is 10.5. The van der Waals surface area contributed by atoms with Crippen LogP contribution in [0.2, 0.25) is 0 Å². The number of nitrogens with zero attached hydrogens (tertiary/aromatic N) is 3. The van der Waals surface area contributed by atoms with E-state index in [1.54, 1.807) is 25.3 Å². The van der Waals surface area contributed by atoms with Crippen molar-refractivity contribution >= 4 is 28.3 Å². The number of rotatable bonds is 2. The van der Waals surface area contributed by atoms with Gasteiger partial charge in [0, 0.05) is 6.20 Å². The maximum atomic E-state index is 9.15. The third kappa shape index (κ3) is 2.65. The van der Waals surface area contributed by atoms with Crippen LogP contribution in [-0.4, -0.2) is 4.98 Å². The topological polar surface area (TPSA) is 95.7 Å². The number of hydrogen-bond acceptors (Lipinski definition) is 5. The number of pyridine rings is 1. The summed E-state index contributed by atoms with van der Waals surface area (Å²) >= 11 is 2.03. The Labute approximate surface area is 129 Å². The largest absolute Gasteiger partial charge is 0.434 e. The van der Waals surface area contributed by atoms with Crippen molar-refractivity contribution in [1.29, 1.82) is 10.5 Å². The molecule has 0 aliphatic heterocycles. The molecule has 0 saturated carbocycles. The Morgan fingerprint density at radius 3 is 2.65 bits per heavy atom. The first kappa shape index (κ1) is 14.1. The number of anilines is 1. The smallest absolute Gasteiger partial charge is 0.237 e. The van der Waals surface area contributed by atoms with Gasteiger partial charge in [-0.15, -0.1) is 0 Å². The molecule has 0 amide bonds. The van der Waals surface area contributed by atoms with Crippen LogP contribution in [0.3, 0.4) is 0 Å². The van der Waals surface area contributed by atoms with E-state index in [4.69, 9.17) is 21.0 Å². The van der Waals surface area contributed by atoms with Gasteiger partial charge in [0.05, 0.1) is 20.9 Å². The summed E-state index contributed by atoms with van der Waals surface area (Å²) in [4.78, 5) is 4.06. The predicted molar refractivity (Wildman–Crippen MR) is 82.0 cm³/mol. The molecule has 0 aliphatic rings. The first-order chi connectivity index (χ1) is 9.56. The number of nitrogens with two attached hydrogens (primary N) is 1. The van der Waals surface area contributed by atoms with Crippen LogP contribution >= 0.6 is 22.6 Å². The normalized spacial score (nSPS) is 9.60. The highest BCUT2D eigenvalue weighted by molar-refractivity contribution is 14.1. The Kier molecular flexibility index (Phi) is 4.06. The second-order valence-electron chi connectivity index (χ2n) is 4.01. The second kappa shape index (κ2) is 5.76. The molecule has 5 nitrogen and oxygen atoms in total. The Morgan fingerprint density at radius 1 is 1.30 bits per heavy atom. The molecule has 2 aromatic rings. The third-order valence-corrected chi connectivity index (χ3v) is 3.44. The predicted octanol–water partition coefficient (Wildman–Crippen LogP) is 3.11. The van der Waals surface area contributed by atoms with E-state index in [2.05, 4.69) is 11.1 Å². The molecule has 98 valence electrons. The van der Waals surface area contributed by atoms with Gasteiger partial charge in [0.25, 0.3) is 0 Å². The molecular weight excluding hydrogens is 367 g/mol. The van der Waals surface area contributed by atoms with Gasteiger partial charge in [-0.05, 0) is 53.3 Å². The van der Waals surface area contributed by atoms with Crippen LogP contribution in [0.25, 0.3) is 0 Å². The summed E-state index contributed by atoms with van der Waals surface area (Å²) in [6, 6.07) is 9.01. The fourth-order valence-corrected chi connectivity index (χ4v) is 2.39. The van der Waals surface area contributed by atoms with Gasteiger partial charge in [-0.25, -0.2) is 4.98 Å². The average Bonchev–Trinajstić information content (AvgIpc) is 2.42. The first-order valence-corrected chi connectivity index (χ1v) is 6.67. The van der Waals surface area contributed by atoms with E-state index in [0.29, 0.717) is 26.1 Å². The lowest BCUT2D eigenvalue weighted by molar-refractivity contribution is 0.460. The number of hydrogen-bond donors (Lipinski definition) is 1. The van der Waals surface area contributed by atoms with Crippen LogP contribution in [0.5, 0.6) is 11.6 Å². The number of halogens is 1. The highest BCUT2D eigenvalue weighted by Gasteiger charge is 2.14. The second-order valence-corrected chi connectivity index (χ2v) is 5.17. The van der Waals surface area contributed by atoms with Crippen LogP contribution in [0.15, 0.2) is 24.4 Å². The van der Waals surface area contributed by atoms with Gasteiger partial charge in [-0.2, -0.15) is 10.5 Å². The van der Waals surface area contributed by atoms with Crippen molar-refractivity contribution in [1.82, 2.24) is 4.98 Å². The summed E-state index contributed by atoms with van der Waals surface area (Å²) in [6.45, 7) is 1.81. The number of aryl methyl sites for hydroxylation is 1. The molecule has 6 heteroatoms. The molecule has 1 heterocycles. The monoisotopic (exact) mass is 376 g/mol. The van der Waals surface area contributed by atoms with Gasteiger partial charge in [0.15, 0.2) is 5.75 Å². The fraction of sp³-hybridized carbons (Fsp3) is 0.0714. The summed E-state index contributed by atoms with van der Waals surface area (Å²) in [5.41, 5.74) is 7.82. The van der Waals surface area contributed by atoms with Gasteiger partial charge in [0.1, 0.15) is 11.6 Å². The van der Waals surface area contributed by atoms with E-state index >= 15 is 0 Å². The number of ether oxygens (including phenoxy) is 1. The Morgan fingerprint density at radius 2 is 2.05 bits per heavy atom. The van der Waals surface area contributed by atoms with Gasteiger partial charge in [-0.3, -0.25) is 0 Å². The van der Waals surface area contributed by atoms with Crippen LogP contribution in [0.4, 0.5) is 5.69 Å². The molecule has 2 rings (SSSR count). The van der Waals surface area contributed by atoms with Crippen LogP contribution in [0.1, 0.15) is 16.7 Å². The number of nitriles is 2. The Balaban J connectivity index is 2.50. The molecule has 2 N–H and O–H groups in total. The number of benzene rings is 1. The van der Waals surface area contributed by atoms with Crippen molar-refractivity contribution in [3.63, 3.8) is 0 Å². The minimum absolute atomic E-state index is 0.210. The minimum Gasteiger partial charge on any atom is -0.434 e. The van der Waals surface area contributed by atoms with Crippen LogP contribution in [0, 0.1) is 33.2 Å². The maximum Gasteiger partial charge on any atom is 0.237 e. The summed E-state index contributed by atoms with van der Waals surface area (Å²) < 4.78 is 6.35. The molecular formula is C14H9IN4O. The summed E-state index contributed by atoms with van der Waals surface area (Å²) in [5, 5.41) is 18.0. The summed E-state index contributed by atoms with van der Waals surface area (Å²) in [6.07, 6.45) is 1.57. The van der Waals surface area contributed by atoms with Crippen molar-refractivity contribution in [2.75, 3.05) is 5.73 Å². The van der Waals surface area contributed by atoms with Gasteiger partial charge >= 0.3 is 0 Å². The van der Waals surface area contributed by atoms with Crippen molar-refractivity contribution in [2.24, 2.45) is 0 Å². The summed E-state index contributed by atoms with van der Waals surface area (Å²) in [5.74, 6) is 0.612. The van der Waals surface area contributed by atoms with Crippen LogP contribution < -0.4 is 10.5 Å². The molecule has 0 saturated heterocycles. The molecule has 20 heavy (non-hydrogen) atoms. The zero-order valence-corrected chi connectivity index (χ0v) is 12.7. The zero-order chi connectivity index (χ0) is 14.7. The maximum absolute atomic E-state index is 9.15. The molecule has 0 fully saturated rings. The quantitative estimate of drug-likeness (QED) is 0.642. The molecule has 1 aromatic carbocycles. The first-order valence-electron chi connectivity index (χ1n) is 5.59. The van der Waals surface area contributed by atoms with E-state index in [-0.39, 0.29) is 5.88 Å². The highest BCUT2D eigenvalue weighted by Crippen LogP contribution is 2.34. The van der Waals surface area contributed by atoms with Crippen molar-refractivity contribution < 1.29 is 4.74 Å². The molecule has 0 atom stereocenters. The lowest BCUT2D eigenvalue weighted by atomic mass is 10.1. The average molecular weight is 376 g/mol. The molecule has 0 unspecified atom stereocenters. The highest BCUT2D eigenvalue weighted by atomic mass is 127. The van der Waals surface area contributed by atoms with E-state index < -0.39 is 0 Å². The lowest BCUT2D eigenvalue weighted by Crippen LogP contribution is -1.99. The molecule has 0 bridgehead atoms. The fourth-order valence-electron chi connectivity index (χ4n) is 1.63. The van der Waals surface area contributed by atoms with Gasteiger partial charge < -0.3 is 10.5 Å². The van der Waals surface area contributed by atoms with Crippen molar-refractivity contribution in [2.45, 2.75) is 6.92 Å². The van der Waals surface area contributed by atoms with Crippen molar-refractivity contribution in [3.05, 3.63) is 44.7 Å². The molecule has 0 spiro atoms. The van der Waals surface area contributed by atoms with Crippen LogP contribution in [-0.2, 0) is 0 Å². The minimum atomic E-state index is 0.210. The van der Waals surface area contributed by atoms with E-state index in [9.17, 15) is 0 Å². The SMILES string of the molecule is Cc1ccnc(Oc2c(N)cc(C#N)cc2I)c1C#N. The number of nitrogen functional groups attached to an aromatic ring is 1. The lowest BCUT2D eigenvalue weighted by Gasteiger charge is -2.11. The third-order valence-electron chi connectivity index (χ3n) is 2.64. The summed E-state index contributed by atoms with van der Waals surface area (Å²) in [7, 11) is 0. The van der Waals surface area contributed by atoms with Crippen molar-refractivity contribution in [3.8, 4) is 23.8 Å². The Bertz CT molecular complexity index is 736.